The minimum atomic E-state index is 0.655. The van der Waals surface area contributed by atoms with Gasteiger partial charge in [-0.25, -0.2) is 0 Å². The number of rotatable bonds is 3. The third kappa shape index (κ3) is 1.84. The molecule has 0 spiro atoms. The van der Waals surface area contributed by atoms with Crippen molar-refractivity contribution in [2.75, 3.05) is 0 Å². The van der Waals surface area contributed by atoms with Crippen LogP contribution >= 0.6 is 0 Å². The van der Waals surface area contributed by atoms with Crippen LogP contribution in [-0.2, 0) is 0 Å². The van der Waals surface area contributed by atoms with E-state index in [4.69, 9.17) is 0 Å². The fourth-order valence-corrected chi connectivity index (χ4v) is 2.38. The Morgan fingerprint density at radius 1 is 1.08 bits per heavy atom. The second kappa shape index (κ2) is 3.05. The van der Waals surface area contributed by atoms with Crippen molar-refractivity contribution in [1.82, 2.24) is 0 Å². The molecule has 1 fully saturated rings. The van der Waals surface area contributed by atoms with Crippen LogP contribution in [0.25, 0.3) is 0 Å². The molecule has 0 heterocycles. The van der Waals surface area contributed by atoms with Crippen molar-refractivity contribution in [2.45, 2.75) is 48.0 Å². The molecule has 0 radical (unpaired) electrons. The Labute approximate surface area is 77.7 Å². The lowest BCUT2D eigenvalue weighted by Crippen LogP contribution is -2.17. The Hall–Kier alpha value is 0. The van der Waals surface area contributed by atoms with Crippen LogP contribution in [0, 0.1) is 29.1 Å². The quantitative estimate of drug-likeness (QED) is 0.598. The van der Waals surface area contributed by atoms with E-state index >= 15 is 0 Å². The summed E-state index contributed by atoms with van der Waals surface area (Å²) < 4.78 is 0. The third-order valence-corrected chi connectivity index (χ3v) is 4.11. The topological polar surface area (TPSA) is 0 Å². The molecule has 1 saturated carbocycles. The molecule has 0 heteroatoms. The molecule has 0 nitrogen and oxygen atoms in total. The monoisotopic (exact) mass is 168 g/mol. The van der Waals surface area contributed by atoms with Crippen LogP contribution in [0.4, 0.5) is 0 Å². The highest BCUT2D eigenvalue weighted by Gasteiger charge is 2.49. The van der Waals surface area contributed by atoms with Gasteiger partial charge < -0.3 is 0 Å². The van der Waals surface area contributed by atoms with Gasteiger partial charge in [-0.15, -0.1) is 0 Å². The molecule has 72 valence electrons. The summed E-state index contributed by atoms with van der Waals surface area (Å²) in [6.45, 7) is 14.3. The first-order chi connectivity index (χ1) is 5.36. The summed E-state index contributed by atoms with van der Waals surface area (Å²) in [5.74, 6) is 3.64. The molecule has 0 amide bonds. The Kier molecular flexibility index (Phi) is 2.56. The maximum Gasteiger partial charge on any atom is -0.0320 e. The summed E-state index contributed by atoms with van der Waals surface area (Å²) >= 11 is 0. The van der Waals surface area contributed by atoms with Gasteiger partial charge in [0.05, 0.1) is 0 Å². The minimum Gasteiger partial charge on any atom is -0.0625 e. The van der Waals surface area contributed by atoms with Gasteiger partial charge in [0.15, 0.2) is 0 Å². The van der Waals surface area contributed by atoms with Crippen LogP contribution in [-0.4, -0.2) is 0 Å². The predicted molar refractivity (Wildman–Crippen MR) is 55.1 cm³/mol. The van der Waals surface area contributed by atoms with E-state index in [1.807, 2.05) is 0 Å². The van der Waals surface area contributed by atoms with Crippen molar-refractivity contribution in [1.29, 1.82) is 0 Å². The van der Waals surface area contributed by atoms with E-state index in [1.165, 1.54) is 6.42 Å². The van der Waals surface area contributed by atoms with Crippen molar-refractivity contribution in [3.05, 3.63) is 0 Å². The van der Waals surface area contributed by atoms with Crippen LogP contribution in [0.1, 0.15) is 48.0 Å². The summed E-state index contributed by atoms with van der Waals surface area (Å²) in [6.07, 6.45) is 1.45. The molecule has 0 saturated heterocycles. The average Bonchev–Trinajstić information content (AvgIpc) is 2.56. The highest BCUT2D eigenvalue weighted by atomic mass is 14.5. The Balaban J connectivity index is 2.44. The smallest absolute Gasteiger partial charge is 0.0320 e. The maximum atomic E-state index is 2.43. The normalized spacial score (nSPS) is 31.8. The predicted octanol–water partition coefficient (Wildman–Crippen LogP) is 3.96. The average molecular weight is 168 g/mol. The molecule has 0 N–H and O–H groups in total. The van der Waals surface area contributed by atoms with Crippen molar-refractivity contribution < 1.29 is 0 Å². The van der Waals surface area contributed by atoms with Gasteiger partial charge in [-0.05, 0) is 35.5 Å². The summed E-state index contributed by atoms with van der Waals surface area (Å²) in [7, 11) is 0. The molecule has 3 unspecified atom stereocenters. The van der Waals surface area contributed by atoms with Crippen LogP contribution in [0.15, 0.2) is 0 Å². The SMILES string of the molecule is CC(C)C(C)C(C)C1CC1(C)C. The van der Waals surface area contributed by atoms with Crippen LogP contribution in [0.3, 0.4) is 0 Å². The third-order valence-electron chi connectivity index (χ3n) is 4.11. The van der Waals surface area contributed by atoms with Crippen molar-refractivity contribution in [2.24, 2.45) is 29.1 Å². The van der Waals surface area contributed by atoms with Crippen LogP contribution in [0.5, 0.6) is 0 Å². The second-order valence-corrected chi connectivity index (χ2v) is 5.76. The zero-order valence-corrected chi connectivity index (χ0v) is 9.52. The molecule has 0 aromatic rings. The van der Waals surface area contributed by atoms with E-state index in [0.29, 0.717) is 5.41 Å². The standard InChI is InChI=1S/C12H24/c1-8(2)9(3)10(4)11-7-12(11,5)6/h8-11H,7H2,1-6H3. The first kappa shape index (κ1) is 10.1. The van der Waals surface area contributed by atoms with E-state index < -0.39 is 0 Å². The van der Waals surface area contributed by atoms with Crippen molar-refractivity contribution >= 4 is 0 Å². The molecule has 1 rings (SSSR count). The lowest BCUT2D eigenvalue weighted by molar-refractivity contribution is 0.246. The van der Waals surface area contributed by atoms with Crippen LogP contribution in [0.2, 0.25) is 0 Å². The van der Waals surface area contributed by atoms with Gasteiger partial charge in [-0.1, -0.05) is 41.5 Å². The largest absolute Gasteiger partial charge is 0.0625 e. The van der Waals surface area contributed by atoms with Gasteiger partial charge in [0, 0.05) is 0 Å². The van der Waals surface area contributed by atoms with Crippen LogP contribution < -0.4 is 0 Å². The van der Waals surface area contributed by atoms with E-state index in [1.54, 1.807) is 0 Å². The lowest BCUT2D eigenvalue weighted by Gasteiger charge is -2.24. The molecular weight excluding hydrogens is 144 g/mol. The highest BCUT2D eigenvalue weighted by molar-refractivity contribution is 4.98. The minimum absolute atomic E-state index is 0.655. The van der Waals surface area contributed by atoms with Gasteiger partial charge >= 0.3 is 0 Å². The fraction of sp³-hybridized carbons (Fsp3) is 1.00. The molecule has 0 bridgehead atoms. The molecule has 12 heavy (non-hydrogen) atoms. The molecule has 0 aromatic heterocycles. The molecule has 1 aliphatic rings. The molecular formula is C12H24. The first-order valence-electron chi connectivity index (χ1n) is 5.36. The molecule has 3 atom stereocenters. The van der Waals surface area contributed by atoms with Gasteiger partial charge in [-0.2, -0.15) is 0 Å². The van der Waals surface area contributed by atoms with Crippen molar-refractivity contribution in [3.8, 4) is 0 Å². The zero-order valence-electron chi connectivity index (χ0n) is 9.52. The van der Waals surface area contributed by atoms with E-state index in [2.05, 4.69) is 41.5 Å². The maximum absolute atomic E-state index is 2.43. The van der Waals surface area contributed by atoms with E-state index in [-0.39, 0.29) is 0 Å². The second-order valence-electron chi connectivity index (χ2n) is 5.76. The Morgan fingerprint density at radius 2 is 1.50 bits per heavy atom. The highest BCUT2D eigenvalue weighted by Crippen LogP contribution is 2.57. The lowest BCUT2D eigenvalue weighted by atomic mass is 9.81. The molecule has 0 aromatic carbocycles. The van der Waals surface area contributed by atoms with Crippen molar-refractivity contribution in [3.63, 3.8) is 0 Å². The summed E-state index contributed by atoms with van der Waals surface area (Å²) in [5, 5.41) is 0. The Morgan fingerprint density at radius 3 is 1.75 bits per heavy atom. The van der Waals surface area contributed by atoms with Gasteiger partial charge in [-0.3, -0.25) is 0 Å². The number of hydrogen-bond donors (Lipinski definition) is 0. The Bertz CT molecular complexity index is 153. The molecule has 0 aliphatic heterocycles. The van der Waals surface area contributed by atoms with E-state index in [9.17, 15) is 0 Å². The summed E-state index contributed by atoms with van der Waals surface area (Å²) in [4.78, 5) is 0. The number of hydrogen-bond acceptors (Lipinski definition) is 0. The first-order valence-corrected chi connectivity index (χ1v) is 5.36. The summed E-state index contributed by atoms with van der Waals surface area (Å²) in [5.41, 5.74) is 0.655. The zero-order chi connectivity index (χ0) is 9.52. The fourth-order valence-electron chi connectivity index (χ4n) is 2.38. The summed E-state index contributed by atoms with van der Waals surface area (Å²) in [6, 6.07) is 0. The van der Waals surface area contributed by atoms with Gasteiger partial charge in [0.25, 0.3) is 0 Å². The van der Waals surface area contributed by atoms with E-state index in [0.717, 1.165) is 23.7 Å². The van der Waals surface area contributed by atoms with Gasteiger partial charge in [0.2, 0.25) is 0 Å². The molecule has 1 aliphatic carbocycles. The van der Waals surface area contributed by atoms with Gasteiger partial charge in [0.1, 0.15) is 0 Å².